The maximum atomic E-state index is 12.3. The van der Waals surface area contributed by atoms with Crippen molar-refractivity contribution in [3.05, 3.63) is 42.5 Å². The van der Waals surface area contributed by atoms with Gasteiger partial charge >= 0.3 is 0 Å². The first-order valence-corrected chi connectivity index (χ1v) is 7.54. The molecule has 1 fully saturated rings. The number of likely N-dealkylation sites (tertiary alicyclic amines) is 1. The van der Waals surface area contributed by atoms with Gasteiger partial charge in [0.2, 0.25) is 0 Å². The van der Waals surface area contributed by atoms with E-state index in [0.29, 0.717) is 12.3 Å². The summed E-state index contributed by atoms with van der Waals surface area (Å²) in [6, 6.07) is 3.84. The molecular formula is C16H20N4O2. The van der Waals surface area contributed by atoms with E-state index in [9.17, 15) is 4.79 Å². The Morgan fingerprint density at radius 3 is 3.09 bits per heavy atom. The topological polar surface area (TPSA) is 60.2 Å². The van der Waals surface area contributed by atoms with Gasteiger partial charge in [0.1, 0.15) is 5.75 Å². The molecular weight excluding hydrogens is 280 g/mol. The number of ether oxygens (including phenoxy) is 1. The molecule has 2 aromatic heterocycles. The molecule has 6 nitrogen and oxygen atoms in total. The fourth-order valence-corrected chi connectivity index (χ4v) is 2.70. The molecule has 0 aromatic carbocycles. The zero-order valence-electron chi connectivity index (χ0n) is 12.7. The zero-order valence-corrected chi connectivity index (χ0v) is 12.7. The number of carbonyl (C=O) groups is 1. The molecule has 0 radical (unpaired) electrons. The van der Waals surface area contributed by atoms with Crippen LogP contribution in [0.1, 0.15) is 24.4 Å². The van der Waals surface area contributed by atoms with Crippen molar-refractivity contribution in [2.75, 3.05) is 19.7 Å². The van der Waals surface area contributed by atoms with Gasteiger partial charge in [0, 0.05) is 25.5 Å². The Bertz CT molecular complexity index is 626. The van der Waals surface area contributed by atoms with Crippen LogP contribution in [0.4, 0.5) is 0 Å². The van der Waals surface area contributed by atoms with Crippen molar-refractivity contribution in [2.45, 2.75) is 25.8 Å². The predicted molar refractivity (Wildman–Crippen MR) is 81.5 cm³/mol. The van der Waals surface area contributed by atoms with E-state index in [0.717, 1.165) is 24.9 Å². The van der Waals surface area contributed by atoms with E-state index in [1.807, 2.05) is 28.9 Å². The molecule has 1 unspecified atom stereocenters. The zero-order chi connectivity index (χ0) is 15.4. The Morgan fingerprint density at radius 1 is 1.45 bits per heavy atom. The first-order valence-electron chi connectivity index (χ1n) is 7.54. The SMILES string of the molecule is Cc1cnn(C2CCCN(C(=O)COc3cccnc3)C2)c1. The normalized spacial score (nSPS) is 18.2. The van der Waals surface area contributed by atoms with E-state index in [1.54, 1.807) is 24.5 Å². The van der Waals surface area contributed by atoms with Crippen molar-refractivity contribution in [3.8, 4) is 5.75 Å². The summed E-state index contributed by atoms with van der Waals surface area (Å²) in [6.45, 7) is 3.55. The van der Waals surface area contributed by atoms with Crippen molar-refractivity contribution in [1.82, 2.24) is 19.7 Å². The number of hydrogen-bond donors (Lipinski definition) is 0. The van der Waals surface area contributed by atoms with Crippen LogP contribution >= 0.6 is 0 Å². The maximum absolute atomic E-state index is 12.3. The Morgan fingerprint density at radius 2 is 2.36 bits per heavy atom. The van der Waals surface area contributed by atoms with Gasteiger partial charge in [-0.05, 0) is 37.5 Å². The number of rotatable bonds is 4. The molecule has 2 aromatic rings. The van der Waals surface area contributed by atoms with Crippen LogP contribution in [0.25, 0.3) is 0 Å². The van der Waals surface area contributed by atoms with Crippen LogP contribution in [0, 0.1) is 6.92 Å². The number of aromatic nitrogens is 3. The molecule has 3 rings (SSSR count). The summed E-state index contributed by atoms with van der Waals surface area (Å²) in [6.07, 6.45) is 9.21. The highest BCUT2D eigenvalue weighted by molar-refractivity contribution is 5.77. The second-order valence-corrected chi connectivity index (χ2v) is 5.61. The first kappa shape index (κ1) is 14.6. The van der Waals surface area contributed by atoms with Gasteiger partial charge in [0.05, 0.1) is 18.4 Å². The second kappa shape index (κ2) is 6.60. The lowest BCUT2D eigenvalue weighted by atomic mass is 10.1. The summed E-state index contributed by atoms with van der Waals surface area (Å²) in [5.74, 6) is 0.629. The highest BCUT2D eigenvalue weighted by Crippen LogP contribution is 2.21. The monoisotopic (exact) mass is 300 g/mol. The first-order chi connectivity index (χ1) is 10.7. The van der Waals surface area contributed by atoms with E-state index in [2.05, 4.69) is 10.1 Å². The third-order valence-corrected chi connectivity index (χ3v) is 3.85. The molecule has 1 aliphatic heterocycles. The lowest BCUT2D eigenvalue weighted by Gasteiger charge is -2.32. The molecule has 1 saturated heterocycles. The Hall–Kier alpha value is -2.37. The quantitative estimate of drug-likeness (QED) is 0.864. The molecule has 0 N–H and O–H groups in total. The highest BCUT2D eigenvalue weighted by atomic mass is 16.5. The molecule has 6 heteroatoms. The summed E-state index contributed by atoms with van der Waals surface area (Å²) < 4.78 is 7.46. The molecule has 116 valence electrons. The van der Waals surface area contributed by atoms with Crippen molar-refractivity contribution < 1.29 is 9.53 Å². The van der Waals surface area contributed by atoms with Gasteiger partial charge in [-0.1, -0.05) is 0 Å². The Balaban J connectivity index is 1.56. The highest BCUT2D eigenvalue weighted by Gasteiger charge is 2.25. The van der Waals surface area contributed by atoms with Gasteiger partial charge in [-0.3, -0.25) is 14.5 Å². The average Bonchev–Trinajstić information content (AvgIpc) is 3.00. The number of hydrogen-bond acceptors (Lipinski definition) is 4. The summed E-state index contributed by atoms with van der Waals surface area (Å²) >= 11 is 0. The van der Waals surface area contributed by atoms with Crippen LogP contribution in [0.3, 0.4) is 0 Å². The number of amides is 1. The van der Waals surface area contributed by atoms with E-state index in [4.69, 9.17) is 4.74 Å². The number of aryl methyl sites for hydroxylation is 1. The molecule has 1 aliphatic rings. The molecule has 1 atom stereocenters. The minimum Gasteiger partial charge on any atom is -0.482 e. The maximum Gasteiger partial charge on any atom is 0.260 e. The van der Waals surface area contributed by atoms with Gasteiger partial charge < -0.3 is 9.64 Å². The van der Waals surface area contributed by atoms with Crippen LogP contribution < -0.4 is 4.74 Å². The van der Waals surface area contributed by atoms with Crippen LogP contribution in [0.5, 0.6) is 5.75 Å². The summed E-state index contributed by atoms with van der Waals surface area (Å²) in [5, 5.41) is 4.37. The lowest BCUT2D eigenvalue weighted by Crippen LogP contribution is -2.43. The fraction of sp³-hybridized carbons (Fsp3) is 0.438. The largest absolute Gasteiger partial charge is 0.482 e. The molecule has 22 heavy (non-hydrogen) atoms. The predicted octanol–water partition coefficient (Wildman–Crippen LogP) is 1.83. The molecule has 0 aliphatic carbocycles. The van der Waals surface area contributed by atoms with Gasteiger partial charge in [0.25, 0.3) is 5.91 Å². The molecule has 0 bridgehead atoms. The number of pyridine rings is 1. The van der Waals surface area contributed by atoms with E-state index < -0.39 is 0 Å². The lowest BCUT2D eigenvalue weighted by molar-refractivity contribution is -0.135. The smallest absolute Gasteiger partial charge is 0.260 e. The number of nitrogens with zero attached hydrogens (tertiary/aromatic N) is 4. The Kier molecular flexibility index (Phi) is 4.37. The third-order valence-electron chi connectivity index (χ3n) is 3.85. The molecule has 3 heterocycles. The van der Waals surface area contributed by atoms with Gasteiger partial charge in [0.15, 0.2) is 6.61 Å². The molecule has 0 saturated carbocycles. The van der Waals surface area contributed by atoms with Gasteiger partial charge in [-0.25, -0.2) is 0 Å². The Labute approximate surface area is 129 Å². The van der Waals surface area contributed by atoms with Crippen molar-refractivity contribution in [1.29, 1.82) is 0 Å². The van der Waals surface area contributed by atoms with Crippen LogP contribution in [0.15, 0.2) is 36.9 Å². The van der Waals surface area contributed by atoms with E-state index in [-0.39, 0.29) is 18.6 Å². The summed E-state index contributed by atoms with van der Waals surface area (Å²) in [4.78, 5) is 18.1. The van der Waals surface area contributed by atoms with Crippen molar-refractivity contribution in [3.63, 3.8) is 0 Å². The van der Waals surface area contributed by atoms with Crippen LogP contribution in [-0.2, 0) is 4.79 Å². The van der Waals surface area contributed by atoms with Crippen LogP contribution in [-0.4, -0.2) is 45.3 Å². The third kappa shape index (κ3) is 3.44. The molecule has 0 spiro atoms. The van der Waals surface area contributed by atoms with Gasteiger partial charge in [-0.15, -0.1) is 0 Å². The van der Waals surface area contributed by atoms with Crippen LogP contribution in [0.2, 0.25) is 0 Å². The van der Waals surface area contributed by atoms with Crippen molar-refractivity contribution in [2.24, 2.45) is 0 Å². The van der Waals surface area contributed by atoms with E-state index in [1.165, 1.54) is 0 Å². The minimum absolute atomic E-state index is 0.0115. The number of carbonyl (C=O) groups excluding carboxylic acids is 1. The van der Waals surface area contributed by atoms with E-state index >= 15 is 0 Å². The standard InChI is InChI=1S/C16H20N4O2/c1-13-8-18-20(10-13)14-4-3-7-19(11-14)16(21)12-22-15-5-2-6-17-9-15/h2,5-6,8-10,14H,3-4,7,11-12H2,1H3. The fourth-order valence-electron chi connectivity index (χ4n) is 2.70. The average molecular weight is 300 g/mol. The minimum atomic E-state index is 0.0115. The molecule has 1 amide bonds. The van der Waals surface area contributed by atoms with Crippen molar-refractivity contribution >= 4 is 5.91 Å². The second-order valence-electron chi connectivity index (χ2n) is 5.61. The summed E-state index contributed by atoms with van der Waals surface area (Å²) in [7, 11) is 0. The number of piperidine rings is 1. The summed E-state index contributed by atoms with van der Waals surface area (Å²) in [5.41, 5.74) is 1.14. The van der Waals surface area contributed by atoms with Gasteiger partial charge in [-0.2, -0.15) is 5.10 Å².